The van der Waals surface area contributed by atoms with Crippen LogP contribution in [0.1, 0.15) is 37.6 Å². The van der Waals surface area contributed by atoms with Crippen LogP contribution in [-0.4, -0.2) is 12.4 Å². The van der Waals surface area contributed by atoms with E-state index in [0.29, 0.717) is 11.5 Å². The maximum atomic E-state index is 10.4. The lowest BCUT2D eigenvalue weighted by atomic mass is 10.1. The summed E-state index contributed by atoms with van der Waals surface area (Å²) < 4.78 is 5.71. The van der Waals surface area contributed by atoms with E-state index >= 15 is 0 Å². The Kier molecular flexibility index (Phi) is 4.35. The molecule has 82 valence electrons. The highest BCUT2D eigenvalue weighted by molar-refractivity contribution is 5.74. The summed E-state index contributed by atoms with van der Waals surface area (Å²) in [7, 11) is 0. The minimum absolute atomic E-state index is 0.215. The SMILES string of the molecule is CC(C)CC(C)Oc1ccc(C=O)cc1. The topological polar surface area (TPSA) is 26.3 Å². The molecule has 0 amide bonds. The molecule has 0 fully saturated rings. The minimum Gasteiger partial charge on any atom is -0.491 e. The minimum atomic E-state index is 0.215. The van der Waals surface area contributed by atoms with E-state index in [0.717, 1.165) is 18.5 Å². The highest BCUT2D eigenvalue weighted by atomic mass is 16.5. The van der Waals surface area contributed by atoms with Crippen molar-refractivity contribution in [3.8, 4) is 5.75 Å². The van der Waals surface area contributed by atoms with Gasteiger partial charge in [-0.25, -0.2) is 0 Å². The van der Waals surface area contributed by atoms with Gasteiger partial charge in [0.15, 0.2) is 0 Å². The second kappa shape index (κ2) is 5.54. The fourth-order valence-electron chi connectivity index (χ4n) is 1.57. The molecular weight excluding hydrogens is 188 g/mol. The zero-order valence-corrected chi connectivity index (χ0v) is 9.57. The Morgan fingerprint density at radius 2 is 1.80 bits per heavy atom. The first kappa shape index (κ1) is 11.8. The summed E-state index contributed by atoms with van der Waals surface area (Å²) in [4.78, 5) is 10.4. The van der Waals surface area contributed by atoms with Crippen molar-refractivity contribution in [1.82, 2.24) is 0 Å². The fraction of sp³-hybridized carbons (Fsp3) is 0.462. The zero-order chi connectivity index (χ0) is 11.3. The lowest BCUT2D eigenvalue weighted by molar-refractivity contribution is 0.112. The third-order valence-corrected chi connectivity index (χ3v) is 2.16. The van der Waals surface area contributed by atoms with E-state index in [1.165, 1.54) is 0 Å². The number of carbonyl (C=O) groups is 1. The van der Waals surface area contributed by atoms with Gasteiger partial charge in [-0.1, -0.05) is 13.8 Å². The Morgan fingerprint density at radius 3 is 2.27 bits per heavy atom. The Morgan fingerprint density at radius 1 is 1.20 bits per heavy atom. The summed E-state index contributed by atoms with van der Waals surface area (Å²) in [6.07, 6.45) is 2.09. The van der Waals surface area contributed by atoms with Crippen LogP contribution in [-0.2, 0) is 0 Å². The predicted octanol–water partition coefficient (Wildman–Crippen LogP) is 3.31. The van der Waals surface area contributed by atoms with Crippen molar-refractivity contribution in [2.24, 2.45) is 5.92 Å². The molecule has 1 aromatic carbocycles. The first-order valence-electron chi connectivity index (χ1n) is 5.33. The maximum Gasteiger partial charge on any atom is 0.150 e. The van der Waals surface area contributed by atoms with Gasteiger partial charge in [0.05, 0.1) is 6.10 Å². The van der Waals surface area contributed by atoms with Crippen LogP contribution in [0.4, 0.5) is 0 Å². The lowest BCUT2D eigenvalue weighted by Gasteiger charge is -2.16. The van der Waals surface area contributed by atoms with Crippen LogP contribution in [0, 0.1) is 5.92 Å². The van der Waals surface area contributed by atoms with E-state index in [1.807, 2.05) is 12.1 Å². The number of carbonyl (C=O) groups excluding carboxylic acids is 1. The van der Waals surface area contributed by atoms with Gasteiger partial charge in [0, 0.05) is 5.56 Å². The molecule has 2 heteroatoms. The molecule has 0 N–H and O–H groups in total. The molecule has 0 heterocycles. The monoisotopic (exact) mass is 206 g/mol. The summed E-state index contributed by atoms with van der Waals surface area (Å²) in [6.45, 7) is 6.42. The molecule has 0 aromatic heterocycles. The molecule has 1 aromatic rings. The molecule has 0 aliphatic carbocycles. The zero-order valence-electron chi connectivity index (χ0n) is 9.57. The summed E-state index contributed by atoms with van der Waals surface area (Å²) in [5.41, 5.74) is 0.680. The number of ether oxygens (including phenoxy) is 1. The molecule has 0 radical (unpaired) electrons. The molecule has 0 aliphatic heterocycles. The smallest absolute Gasteiger partial charge is 0.150 e. The van der Waals surface area contributed by atoms with Crippen molar-refractivity contribution in [3.05, 3.63) is 29.8 Å². The van der Waals surface area contributed by atoms with Crippen molar-refractivity contribution in [3.63, 3.8) is 0 Å². The van der Waals surface area contributed by atoms with Gasteiger partial charge in [-0.3, -0.25) is 4.79 Å². The standard InChI is InChI=1S/C13H18O2/c1-10(2)8-11(3)15-13-6-4-12(9-14)5-7-13/h4-7,9-11H,8H2,1-3H3. The molecule has 0 saturated heterocycles. The second-order valence-electron chi connectivity index (χ2n) is 4.24. The maximum absolute atomic E-state index is 10.4. The molecule has 0 bridgehead atoms. The quantitative estimate of drug-likeness (QED) is 0.691. The average Bonchev–Trinajstić information content (AvgIpc) is 2.17. The molecule has 1 atom stereocenters. The molecule has 0 spiro atoms. The largest absolute Gasteiger partial charge is 0.491 e. The van der Waals surface area contributed by atoms with E-state index < -0.39 is 0 Å². The first-order chi connectivity index (χ1) is 7.11. The highest BCUT2D eigenvalue weighted by Crippen LogP contribution is 2.16. The van der Waals surface area contributed by atoms with Gasteiger partial charge in [-0.15, -0.1) is 0 Å². The van der Waals surface area contributed by atoms with Gasteiger partial charge in [-0.2, -0.15) is 0 Å². The fourth-order valence-corrected chi connectivity index (χ4v) is 1.57. The highest BCUT2D eigenvalue weighted by Gasteiger charge is 2.06. The number of rotatable bonds is 5. The van der Waals surface area contributed by atoms with Crippen LogP contribution in [0.5, 0.6) is 5.75 Å². The van der Waals surface area contributed by atoms with Crippen LogP contribution in [0.25, 0.3) is 0 Å². The summed E-state index contributed by atoms with van der Waals surface area (Å²) in [6, 6.07) is 7.20. The van der Waals surface area contributed by atoms with E-state index in [1.54, 1.807) is 12.1 Å². The number of aldehydes is 1. The molecule has 15 heavy (non-hydrogen) atoms. The average molecular weight is 206 g/mol. The summed E-state index contributed by atoms with van der Waals surface area (Å²) in [5.74, 6) is 1.46. The third kappa shape index (κ3) is 4.15. The van der Waals surface area contributed by atoms with Gasteiger partial charge in [-0.05, 0) is 43.5 Å². The second-order valence-corrected chi connectivity index (χ2v) is 4.24. The van der Waals surface area contributed by atoms with Crippen molar-refractivity contribution in [1.29, 1.82) is 0 Å². The van der Waals surface area contributed by atoms with Crippen LogP contribution in [0.15, 0.2) is 24.3 Å². The lowest BCUT2D eigenvalue weighted by Crippen LogP contribution is -2.14. The van der Waals surface area contributed by atoms with E-state index in [-0.39, 0.29) is 6.10 Å². The van der Waals surface area contributed by atoms with E-state index in [2.05, 4.69) is 20.8 Å². The Bertz CT molecular complexity index is 301. The van der Waals surface area contributed by atoms with Crippen LogP contribution < -0.4 is 4.74 Å². The van der Waals surface area contributed by atoms with Crippen molar-refractivity contribution < 1.29 is 9.53 Å². The van der Waals surface area contributed by atoms with Crippen molar-refractivity contribution in [2.45, 2.75) is 33.3 Å². The normalized spacial score (nSPS) is 12.5. The molecule has 0 aliphatic rings. The van der Waals surface area contributed by atoms with Crippen molar-refractivity contribution >= 4 is 6.29 Å². The first-order valence-corrected chi connectivity index (χ1v) is 5.33. The van der Waals surface area contributed by atoms with Crippen LogP contribution in [0.3, 0.4) is 0 Å². The molecule has 1 rings (SSSR count). The van der Waals surface area contributed by atoms with Crippen LogP contribution >= 0.6 is 0 Å². The van der Waals surface area contributed by atoms with E-state index in [9.17, 15) is 4.79 Å². The molecule has 2 nitrogen and oxygen atoms in total. The number of hydrogen-bond donors (Lipinski definition) is 0. The van der Waals surface area contributed by atoms with Gasteiger partial charge >= 0.3 is 0 Å². The molecule has 0 saturated carbocycles. The predicted molar refractivity (Wildman–Crippen MR) is 61.4 cm³/mol. The summed E-state index contributed by atoms with van der Waals surface area (Å²) in [5, 5.41) is 0. The van der Waals surface area contributed by atoms with Gasteiger partial charge < -0.3 is 4.74 Å². The van der Waals surface area contributed by atoms with Gasteiger partial charge in [0.1, 0.15) is 12.0 Å². The van der Waals surface area contributed by atoms with Crippen molar-refractivity contribution in [2.75, 3.05) is 0 Å². The number of benzene rings is 1. The van der Waals surface area contributed by atoms with Gasteiger partial charge in [0.25, 0.3) is 0 Å². The Labute approximate surface area is 91.3 Å². The molecular formula is C13H18O2. The molecule has 1 unspecified atom stereocenters. The number of hydrogen-bond acceptors (Lipinski definition) is 2. The summed E-state index contributed by atoms with van der Waals surface area (Å²) >= 11 is 0. The van der Waals surface area contributed by atoms with Gasteiger partial charge in [0.2, 0.25) is 0 Å². The Hall–Kier alpha value is -1.31. The Balaban J connectivity index is 2.53. The van der Waals surface area contributed by atoms with E-state index in [4.69, 9.17) is 4.74 Å². The van der Waals surface area contributed by atoms with Crippen LogP contribution in [0.2, 0.25) is 0 Å². The third-order valence-electron chi connectivity index (χ3n) is 2.16.